The van der Waals surface area contributed by atoms with E-state index in [1.54, 1.807) is 0 Å². The second-order valence-corrected chi connectivity index (χ2v) is 8.31. The van der Waals surface area contributed by atoms with E-state index in [4.69, 9.17) is 9.90 Å². The van der Waals surface area contributed by atoms with Crippen LogP contribution in [0.2, 0.25) is 0 Å². The molecule has 168 valence electrons. The lowest BCUT2D eigenvalue weighted by atomic mass is 10.1. The predicted molar refractivity (Wildman–Crippen MR) is 103 cm³/mol. The SMILES string of the molecule is Cc1ccsc1C(=O)N1CCN2CC(C(=O)O)CN(C)CC2C1.O=C(O)C(F)(F)F. The van der Waals surface area contributed by atoms with Crippen molar-refractivity contribution in [2.45, 2.75) is 19.1 Å². The number of carboxylic acids is 2. The minimum absolute atomic E-state index is 0.110. The molecular formula is C18H24F3N3O5S. The number of aryl methyl sites for hydroxylation is 1. The van der Waals surface area contributed by atoms with Gasteiger partial charge in [-0.3, -0.25) is 14.5 Å². The van der Waals surface area contributed by atoms with Crippen molar-refractivity contribution in [1.29, 1.82) is 0 Å². The van der Waals surface area contributed by atoms with Gasteiger partial charge in [-0.25, -0.2) is 4.79 Å². The zero-order chi connectivity index (χ0) is 22.6. The second-order valence-electron chi connectivity index (χ2n) is 7.39. The number of hydrogen-bond donors (Lipinski definition) is 2. The number of thiophene rings is 1. The van der Waals surface area contributed by atoms with Gasteiger partial charge >= 0.3 is 18.1 Å². The number of carbonyl (C=O) groups is 3. The quantitative estimate of drug-likeness (QED) is 0.702. The fourth-order valence-corrected chi connectivity index (χ4v) is 4.43. The first-order chi connectivity index (χ1) is 13.9. The van der Waals surface area contributed by atoms with Crippen molar-refractivity contribution in [3.05, 3.63) is 21.9 Å². The Morgan fingerprint density at radius 3 is 2.23 bits per heavy atom. The van der Waals surface area contributed by atoms with Crippen molar-refractivity contribution in [2.24, 2.45) is 5.92 Å². The number of alkyl halides is 3. The van der Waals surface area contributed by atoms with Gasteiger partial charge in [0, 0.05) is 45.3 Å². The standard InChI is InChI=1S/C16H23N3O3S.C2HF3O2/c1-11-3-6-23-14(11)15(20)19-5-4-18-8-12(16(21)22)7-17(2)9-13(18)10-19;3-2(4,5)1(6)7/h3,6,12-13H,4-5,7-10H2,1-2H3,(H,21,22);(H,6,7). The van der Waals surface area contributed by atoms with Gasteiger partial charge in [-0.2, -0.15) is 13.2 Å². The maximum atomic E-state index is 12.7. The Labute approximate surface area is 175 Å². The fourth-order valence-electron chi connectivity index (χ4n) is 3.53. The smallest absolute Gasteiger partial charge is 0.481 e. The van der Waals surface area contributed by atoms with Gasteiger partial charge in [-0.15, -0.1) is 11.3 Å². The number of fused-ring (bicyclic) bond motifs is 1. The average molecular weight is 451 g/mol. The third kappa shape index (κ3) is 6.16. The molecule has 1 aromatic rings. The molecule has 0 bridgehead atoms. The first-order valence-electron chi connectivity index (χ1n) is 9.19. The molecule has 0 aromatic carbocycles. The number of carbonyl (C=O) groups excluding carboxylic acids is 1. The Hall–Kier alpha value is -2.18. The summed E-state index contributed by atoms with van der Waals surface area (Å²) in [6, 6.07) is 2.19. The number of rotatable bonds is 2. The molecule has 0 radical (unpaired) electrons. The van der Waals surface area contributed by atoms with Crippen LogP contribution in [0.4, 0.5) is 13.2 Å². The van der Waals surface area contributed by atoms with Gasteiger partial charge in [-0.05, 0) is 31.0 Å². The van der Waals surface area contributed by atoms with Crippen LogP contribution in [0.1, 0.15) is 15.2 Å². The van der Waals surface area contributed by atoms with Gasteiger partial charge in [0.05, 0.1) is 10.8 Å². The molecule has 2 aliphatic rings. The lowest BCUT2D eigenvalue weighted by Crippen LogP contribution is -2.57. The summed E-state index contributed by atoms with van der Waals surface area (Å²) in [5, 5.41) is 18.4. The molecule has 0 spiro atoms. The van der Waals surface area contributed by atoms with E-state index in [9.17, 15) is 27.9 Å². The molecule has 3 heterocycles. The largest absolute Gasteiger partial charge is 0.490 e. The minimum atomic E-state index is -5.08. The molecule has 2 N–H and O–H groups in total. The lowest BCUT2D eigenvalue weighted by Gasteiger charge is -2.41. The summed E-state index contributed by atoms with van der Waals surface area (Å²) in [6.07, 6.45) is -5.08. The van der Waals surface area contributed by atoms with Gasteiger partial charge in [-0.1, -0.05) is 0 Å². The predicted octanol–water partition coefficient (Wildman–Crippen LogP) is 1.46. The zero-order valence-electron chi connectivity index (χ0n) is 16.6. The molecule has 30 heavy (non-hydrogen) atoms. The molecule has 12 heteroatoms. The van der Waals surface area contributed by atoms with Gasteiger partial charge in [0.25, 0.3) is 5.91 Å². The zero-order valence-corrected chi connectivity index (χ0v) is 17.4. The monoisotopic (exact) mass is 451 g/mol. The summed E-state index contributed by atoms with van der Waals surface area (Å²) in [7, 11) is 1.96. The molecular weight excluding hydrogens is 427 g/mol. The molecule has 0 saturated carbocycles. The van der Waals surface area contributed by atoms with E-state index in [0.29, 0.717) is 26.2 Å². The van der Waals surface area contributed by atoms with Crippen LogP contribution < -0.4 is 0 Å². The number of halogens is 3. The van der Waals surface area contributed by atoms with Crippen LogP contribution in [0.25, 0.3) is 0 Å². The van der Waals surface area contributed by atoms with E-state index >= 15 is 0 Å². The van der Waals surface area contributed by atoms with Crippen LogP contribution in [0, 0.1) is 12.8 Å². The molecule has 1 aromatic heterocycles. The number of amides is 1. The molecule has 2 atom stereocenters. The minimum Gasteiger partial charge on any atom is -0.481 e. The maximum Gasteiger partial charge on any atom is 0.490 e. The summed E-state index contributed by atoms with van der Waals surface area (Å²) in [6.45, 7) is 6.01. The molecule has 2 unspecified atom stereocenters. The number of piperazine rings is 1. The van der Waals surface area contributed by atoms with E-state index < -0.39 is 18.1 Å². The molecule has 0 aliphatic carbocycles. The lowest BCUT2D eigenvalue weighted by molar-refractivity contribution is -0.192. The van der Waals surface area contributed by atoms with E-state index in [1.165, 1.54) is 11.3 Å². The average Bonchev–Trinajstić information content (AvgIpc) is 2.98. The molecule has 2 aliphatic heterocycles. The van der Waals surface area contributed by atoms with Crippen molar-refractivity contribution >= 4 is 29.2 Å². The summed E-state index contributed by atoms with van der Waals surface area (Å²) in [5.74, 6) is -3.73. The summed E-state index contributed by atoms with van der Waals surface area (Å²) in [4.78, 5) is 40.0. The summed E-state index contributed by atoms with van der Waals surface area (Å²) >= 11 is 1.50. The van der Waals surface area contributed by atoms with Crippen molar-refractivity contribution in [2.75, 3.05) is 46.3 Å². The van der Waals surface area contributed by atoms with Crippen LogP contribution >= 0.6 is 11.3 Å². The fraction of sp³-hybridized carbons (Fsp3) is 0.611. The highest BCUT2D eigenvalue weighted by molar-refractivity contribution is 7.12. The van der Waals surface area contributed by atoms with Crippen molar-refractivity contribution in [1.82, 2.24) is 14.7 Å². The highest BCUT2D eigenvalue weighted by Gasteiger charge is 2.38. The maximum absolute atomic E-state index is 12.7. The van der Waals surface area contributed by atoms with Gasteiger partial charge < -0.3 is 20.0 Å². The van der Waals surface area contributed by atoms with E-state index in [2.05, 4.69) is 9.80 Å². The highest BCUT2D eigenvalue weighted by Crippen LogP contribution is 2.22. The van der Waals surface area contributed by atoms with Gasteiger partial charge in [0.15, 0.2) is 0 Å². The third-order valence-electron chi connectivity index (χ3n) is 5.05. The van der Waals surface area contributed by atoms with E-state index in [0.717, 1.165) is 23.5 Å². The molecule has 8 nitrogen and oxygen atoms in total. The van der Waals surface area contributed by atoms with Crippen LogP contribution in [0.5, 0.6) is 0 Å². The normalized spacial score (nSPS) is 23.0. The van der Waals surface area contributed by atoms with Crippen molar-refractivity contribution in [3.63, 3.8) is 0 Å². The second kappa shape index (κ2) is 9.75. The number of aliphatic carboxylic acids is 2. The Bertz CT molecular complexity index is 785. The molecule has 1 amide bonds. The molecule has 2 fully saturated rings. The van der Waals surface area contributed by atoms with Crippen LogP contribution in [0.15, 0.2) is 11.4 Å². The van der Waals surface area contributed by atoms with Crippen molar-refractivity contribution < 1.29 is 37.8 Å². The Kier molecular flexibility index (Phi) is 7.83. The highest BCUT2D eigenvalue weighted by atomic mass is 32.1. The topological polar surface area (TPSA) is 101 Å². The van der Waals surface area contributed by atoms with Gasteiger partial charge in [0.1, 0.15) is 0 Å². The third-order valence-corrected chi connectivity index (χ3v) is 6.05. The van der Waals surface area contributed by atoms with Crippen LogP contribution in [-0.4, -0.2) is 101 Å². The Morgan fingerprint density at radius 2 is 1.73 bits per heavy atom. The van der Waals surface area contributed by atoms with E-state index in [-0.39, 0.29) is 17.9 Å². The number of carboxylic acid groups (broad SMARTS) is 2. The summed E-state index contributed by atoms with van der Waals surface area (Å²) in [5.41, 5.74) is 1.03. The Morgan fingerprint density at radius 1 is 1.10 bits per heavy atom. The van der Waals surface area contributed by atoms with Crippen molar-refractivity contribution in [3.8, 4) is 0 Å². The number of likely N-dealkylation sites (N-methyl/N-ethyl adjacent to an activating group) is 1. The first-order valence-corrected chi connectivity index (χ1v) is 10.1. The van der Waals surface area contributed by atoms with E-state index in [1.807, 2.05) is 30.3 Å². The Balaban J connectivity index is 0.000000396. The number of nitrogens with zero attached hydrogens (tertiary/aromatic N) is 3. The molecule has 3 rings (SSSR count). The number of hydrogen-bond acceptors (Lipinski definition) is 6. The summed E-state index contributed by atoms with van der Waals surface area (Å²) < 4.78 is 31.7. The van der Waals surface area contributed by atoms with Crippen LogP contribution in [-0.2, 0) is 9.59 Å². The first kappa shape index (κ1) is 24.1. The van der Waals surface area contributed by atoms with Gasteiger partial charge in [0.2, 0.25) is 0 Å². The molecule has 2 saturated heterocycles. The van der Waals surface area contributed by atoms with Crippen LogP contribution in [0.3, 0.4) is 0 Å².